The highest BCUT2D eigenvalue weighted by Gasteiger charge is 2.17. The Kier molecular flexibility index (Phi) is 5.14. The molecule has 0 amide bonds. The van der Waals surface area contributed by atoms with Gasteiger partial charge < -0.3 is 4.57 Å². The molecule has 0 radical (unpaired) electrons. The van der Waals surface area contributed by atoms with Gasteiger partial charge in [-0.1, -0.05) is 60.7 Å². The van der Waals surface area contributed by atoms with Crippen LogP contribution in [0.25, 0.3) is 28.2 Å². The molecule has 5 heteroatoms. The van der Waals surface area contributed by atoms with Crippen molar-refractivity contribution in [2.24, 2.45) is 0 Å². The molecule has 4 nitrogen and oxygen atoms in total. The van der Waals surface area contributed by atoms with Crippen molar-refractivity contribution in [1.82, 2.24) is 4.57 Å². The lowest BCUT2D eigenvalue weighted by Crippen LogP contribution is -2.15. The van der Waals surface area contributed by atoms with Crippen LogP contribution in [0.5, 0.6) is 0 Å². The van der Waals surface area contributed by atoms with Crippen LogP contribution in [-0.4, -0.2) is 19.2 Å². The maximum Gasteiger partial charge on any atom is 0.185 e. The molecule has 0 spiro atoms. The van der Waals surface area contributed by atoms with Crippen LogP contribution >= 0.6 is 0 Å². The molecule has 0 aliphatic heterocycles. The van der Waals surface area contributed by atoms with Gasteiger partial charge in [0.2, 0.25) is 0 Å². The van der Waals surface area contributed by atoms with Gasteiger partial charge in [-0.05, 0) is 42.3 Å². The fourth-order valence-electron chi connectivity index (χ4n) is 3.58. The minimum absolute atomic E-state index is 0.0447. The summed E-state index contributed by atoms with van der Waals surface area (Å²) in [5, 5.41) is 0. The van der Waals surface area contributed by atoms with Crippen LogP contribution < -0.4 is 5.43 Å². The van der Waals surface area contributed by atoms with Crippen LogP contribution in [0.15, 0.2) is 101 Å². The van der Waals surface area contributed by atoms with E-state index in [1.807, 2.05) is 72.2 Å². The molecule has 4 rings (SSSR count). The lowest BCUT2D eigenvalue weighted by molar-refractivity contribution is 0.602. The number of hydrogen-bond acceptors (Lipinski definition) is 3. The number of rotatable bonds is 4. The molecule has 1 aromatic heterocycles. The third-order valence-corrected chi connectivity index (χ3v) is 6.23. The monoisotopic (exact) mass is 415 g/mol. The second-order valence-corrected chi connectivity index (χ2v) is 9.22. The first-order chi connectivity index (χ1) is 14.4. The Morgan fingerprint density at radius 3 is 1.80 bits per heavy atom. The quantitative estimate of drug-likeness (QED) is 0.477. The van der Waals surface area contributed by atoms with Gasteiger partial charge in [-0.15, -0.1) is 0 Å². The van der Waals surface area contributed by atoms with Crippen LogP contribution in [0.3, 0.4) is 0 Å². The molecule has 0 bridgehead atoms. The summed E-state index contributed by atoms with van der Waals surface area (Å²) in [5.41, 5.74) is 4.72. The predicted molar refractivity (Wildman–Crippen MR) is 121 cm³/mol. The molecular weight excluding hydrogens is 394 g/mol. The van der Waals surface area contributed by atoms with Crippen molar-refractivity contribution in [2.75, 3.05) is 6.26 Å². The number of sulfone groups is 1. The van der Waals surface area contributed by atoms with E-state index >= 15 is 0 Å². The molecule has 0 unspecified atom stereocenters. The van der Waals surface area contributed by atoms with E-state index in [2.05, 4.69) is 0 Å². The van der Waals surface area contributed by atoms with E-state index in [-0.39, 0.29) is 10.3 Å². The third kappa shape index (κ3) is 3.72. The van der Waals surface area contributed by atoms with Crippen LogP contribution in [0, 0.1) is 6.92 Å². The number of benzene rings is 3. The van der Waals surface area contributed by atoms with Gasteiger partial charge in [0.1, 0.15) is 0 Å². The van der Waals surface area contributed by atoms with E-state index < -0.39 is 9.84 Å². The van der Waals surface area contributed by atoms with Gasteiger partial charge in [0.05, 0.1) is 16.3 Å². The van der Waals surface area contributed by atoms with E-state index in [0.29, 0.717) is 5.56 Å². The first kappa shape index (κ1) is 19.9. The molecule has 0 fully saturated rings. The highest BCUT2D eigenvalue weighted by Crippen LogP contribution is 2.31. The fraction of sp³-hybridized carbons (Fsp3) is 0.0800. The van der Waals surface area contributed by atoms with Gasteiger partial charge in [0, 0.05) is 23.6 Å². The lowest BCUT2D eigenvalue weighted by atomic mass is 10.0. The largest absolute Gasteiger partial charge is 0.309 e. The highest BCUT2D eigenvalue weighted by atomic mass is 32.2. The van der Waals surface area contributed by atoms with Crippen LogP contribution in [0.4, 0.5) is 0 Å². The molecule has 0 aliphatic rings. The minimum atomic E-state index is -3.30. The van der Waals surface area contributed by atoms with Gasteiger partial charge in [-0.25, -0.2) is 8.42 Å². The van der Waals surface area contributed by atoms with Crippen LogP contribution in [0.2, 0.25) is 0 Å². The summed E-state index contributed by atoms with van der Waals surface area (Å²) < 4.78 is 25.8. The zero-order valence-corrected chi connectivity index (χ0v) is 17.6. The molecule has 3 aromatic carbocycles. The molecular formula is C25H21NO3S. The maximum absolute atomic E-state index is 12.9. The van der Waals surface area contributed by atoms with E-state index in [0.717, 1.165) is 28.2 Å². The Morgan fingerprint density at radius 2 is 1.27 bits per heavy atom. The average Bonchev–Trinajstić information content (AvgIpc) is 2.76. The Balaban J connectivity index is 2.09. The molecule has 30 heavy (non-hydrogen) atoms. The van der Waals surface area contributed by atoms with Gasteiger partial charge >= 0.3 is 0 Å². The number of pyridine rings is 1. The summed E-state index contributed by atoms with van der Waals surface area (Å²) in [5.74, 6) is 0. The standard InChI is InChI=1S/C25H21NO3S/c1-18-24(27)17-23(19-9-5-3-6-10-19)26(25(18)20-11-7-4-8-12-20)21-13-15-22(16-14-21)30(2,28)29/h3-17H,1-2H3. The van der Waals surface area contributed by atoms with Crippen molar-refractivity contribution < 1.29 is 8.42 Å². The van der Waals surface area contributed by atoms with Crippen molar-refractivity contribution in [1.29, 1.82) is 0 Å². The molecule has 150 valence electrons. The van der Waals surface area contributed by atoms with E-state index in [4.69, 9.17) is 0 Å². The second kappa shape index (κ2) is 7.76. The van der Waals surface area contributed by atoms with Crippen LogP contribution in [0.1, 0.15) is 5.56 Å². The lowest BCUT2D eigenvalue weighted by Gasteiger charge is -2.21. The second-order valence-electron chi connectivity index (χ2n) is 7.20. The van der Waals surface area contributed by atoms with E-state index in [1.165, 1.54) is 6.26 Å². The van der Waals surface area contributed by atoms with Gasteiger partial charge in [-0.3, -0.25) is 4.79 Å². The summed E-state index contributed by atoms with van der Waals surface area (Å²) in [7, 11) is -3.30. The number of hydrogen-bond donors (Lipinski definition) is 0. The van der Waals surface area contributed by atoms with Gasteiger partial charge in [-0.2, -0.15) is 0 Å². The summed E-state index contributed by atoms with van der Waals surface area (Å²) in [6.45, 7) is 1.82. The molecule has 0 atom stereocenters. The van der Waals surface area contributed by atoms with Gasteiger partial charge in [0.25, 0.3) is 0 Å². The van der Waals surface area contributed by atoms with Gasteiger partial charge in [0.15, 0.2) is 15.3 Å². The van der Waals surface area contributed by atoms with Crippen molar-refractivity contribution in [3.05, 3.63) is 107 Å². The Morgan fingerprint density at radius 1 is 0.733 bits per heavy atom. The SMILES string of the molecule is Cc1c(-c2ccccc2)n(-c2ccc(S(C)(=O)=O)cc2)c(-c2ccccc2)cc1=O. The molecule has 0 saturated heterocycles. The Bertz CT molecular complexity index is 1360. The average molecular weight is 416 g/mol. The highest BCUT2D eigenvalue weighted by molar-refractivity contribution is 7.90. The molecule has 0 saturated carbocycles. The summed E-state index contributed by atoms with van der Waals surface area (Å²) >= 11 is 0. The van der Waals surface area contributed by atoms with Crippen molar-refractivity contribution in [3.63, 3.8) is 0 Å². The van der Waals surface area contributed by atoms with Crippen molar-refractivity contribution in [2.45, 2.75) is 11.8 Å². The topological polar surface area (TPSA) is 56.1 Å². The third-order valence-electron chi connectivity index (χ3n) is 5.10. The Hall–Kier alpha value is -3.44. The minimum Gasteiger partial charge on any atom is -0.309 e. The predicted octanol–water partition coefficient (Wildman–Crippen LogP) is 4.88. The van der Waals surface area contributed by atoms with E-state index in [1.54, 1.807) is 30.3 Å². The first-order valence-corrected chi connectivity index (χ1v) is 11.4. The number of nitrogens with zero attached hydrogens (tertiary/aromatic N) is 1. The van der Waals surface area contributed by atoms with E-state index in [9.17, 15) is 13.2 Å². The van der Waals surface area contributed by atoms with Crippen LogP contribution in [-0.2, 0) is 9.84 Å². The Labute approximate surface area is 176 Å². The summed E-state index contributed by atoms with van der Waals surface area (Å²) in [6, 6.07) is 27.8. The van der Waals surface area contributed by atoms with Crippen molar-refractivity contribution >= 4 is 9.84 Å². The summed E-state index contributed by atoms with van der Waals surface area (Å²) in [6.07, 6.45) is 1.19. The molecule has 4 aromatic rings. The zero-order chi connectivity index (χ0) is 21.3. The number of aromatic nitrogens is 1. The normalized spacial score (nSPS) is 11.4. The fourth-order valence-corrected chi connectivity index (χ4v) is 4.21. The first-order valence-electron chi connectivity index (χ1n) is 9.54. The zero-order valence-electron chi connectivity index (χ0n) is 16.7. The molecule has 0 N–H and O–H groups in total. The molecule has 1 heterocycles. The summed E-state index contributed by atoms with van der Waals surface area (Å²) in [4.78, 5) is 13.1. The van der Waals surface area contributed by atoms with Crippen molar-refractivity contribution in [3.8, 4) is 28.2 Å². The maximum atomic E-state index is 12.9. The smallest absolute Gasteiger partial charge is 0.185 e. The molecule has 0 aliphatic carbocycles.